The van der Waals surface area contributed by atoms with E-state index in [2.05, 4.69) is 4.74 Å². The van der Waals surface area contributed by atoms with Gasteiger partial charge in [-0.2, -0.15) is 0 Å². The van der Waals surface area contributed by atoms with E-state index >= 15 is 0 Å². The molecule has 1 aromatic carbocycles. The van der Waals surface area contributed by atoms with E-state index in [0.29, 0.717) is 0 Å². The lowest BCUT2D eigenvalue weighted by atomic mass is 10.1. The minimum atomic E-state index is -0.355. The summed E-state index contributed by atoms with van der Waals surface area (Å²) in [5, 5.41) is 0.0452. The first-order valence-corrected chi connectivity index (χ1v) is 6.89. The molecule has 18 heavy (non-hydrogen) atoms. The molecular weight excluding hydrogens is 248 g/mol. The van der Waals surface area contributed by atoms with E-state index in [1.807, 2.05) is 30.3 Å². The van der Waals surface area contributed by atoms with Gasteiger partial charge in [0.05, 0.1) is 13.0 Å². The van der Waals surface area contributed by atoms with Crippen molar-refractivity contribution in [2.24, 2.45) is 5.92 Å². The number of aryl methyl sites for hydroxylation is 1. The van der Waals surface area contributed by atoms with Crippen LogP contribution in [0.15, 0.2) is 30.3 Å². The highest BCUT2D eigenvalue weighted by Crippen LogP contribution is 2.14. The molecule has 1 rings (SSSR count). The number of rotatable bonds is 6. The fraction of sp³-hybridized carbons (Fsp3) is 0.429. The van der Waals surface area contributed by atoms with E-state index in [1.165, 1.54) is 24.4 Å². The minimum Gasteiger partial charge on any atom is -0.469 e. The Balaban J connectivity index is 2.23. The molecule has 0 N–H and O–H groups in total. The smallest absolute Gasteiger partial charge is 0.308 e. The highest BCUT2D eigenvalue weighted by molar-refractivity contribution is 8.13. The van der Waals surface area contributed by atoms with Gasteiger partial charge in [0.25, 0.3) is 0 Å². The lowest BCUT2D eigenvalue weighted by Gasteiger charge is -2.07. The molecule has 0 saturated carbocycles. The Morgan fingerprint density at radius 1 is 1.28 bits per heavy atom. The van der Waals surface area contributed by atoms with Gasteiger partial charge in [0.15, 0.2) is 5.12 Å². The van der Waals surface area contributed by atoms with Crippen LogP contribution in [0.3, 0.4) is 0 Å². The van der Waals surface area contributed by atoms with E-state index in [4.69, 9.17) is 0 Å². The summed E-state index contributed by atoms with van der Waals surface area (Å²) in [6.45, 7) is 1.71. The van der Waals surface area contributed by atoms with Gasteiger partial charge < -0.3 is 4.74 Å². The van der Waals surface area contributed by atoms with Crippen molar-refractivity contribution in [1.29, 1.82) is 0 Å². The van der Waals surface area contributed by atoms with Gasteiger partial charge in [-0.15, -0.1) is 0 Å². The quantitative estimate of drug-likeness (QED) is 0.743. The lowest BCUT2D eigenvalue weighted by molar-refractivity contribution is -0.145. The summed E-state index contributed by atoms with van der Waals surface area (Å²) < 4.78 is 4.59. The first kappa shape index (κ1) is 14.8. The number of thioether (sulfide) groups is 1. The second-order valence-electron chi connectivity index (χ2n) is 4.08. The molecule has 0 radical (unpaired) electrons. The molecule has 0 aromatic heterocycles. The van der Waals surface area contributed by atoms with Crippen LogP contribution in [0.4, 0.5) is 0 Å². The van der Waals surface area contributed by atoms with Gasteiger partial charge in [0.1, 0.15) is 0 Å². The fourth-order valence-corrected chi connectivity index (χ4v) is 2.45. The van der Waals surface area contributed by atoms with Crippen molar-refractivity contribution < 1.29 is 14.3 Å². The van der Waals surface area contributed by atoms with Crippen LogP contribution in [0.5, 0.6) is 0 Å². The Labute approximate surface area is 112 Å². The summed E-state index contributed by atoms with van der Waals surface area (Å²) in [5.74, 6) is 0.0650. The van der Waals surface area contributed by atoms with Crippen LogP contribution in [0, 0.1) is 5.92 Å². The van der Waals surface area contributed by atoms with Gasteiger partial charge in [-0.3, -0.25) is 9.59 Å². The first-order chi connectivity index (χ1) is 8.63. The molecule has 98 valence electrons. The molecule has 0 bridgehead atoms. The van der Waals surface area contributed by atoms with E-state index in [-0.39, 0.29) is 23.4 Å². The molecular formula is C14H18O3S. The van der Waals surface area contributed by atoms with E-state index in [0.717, 1.165) is 12.2 Å². The molecule has 0 aliphatic carbocycles. The van der Waals surface area contributed by atoms with Crippen LogP contribution in [0.1, 0.15) is 18.9 Å². The zero-order chi connectivity index (χ0) is 13.4. The van der Waals surface area contributed by atoms with Gasteiger partial charge in [-0.25, -0.2) is 0 Å². The SMILES string of the molecule is COC(=O)C(C)CC(=O)SCCc1ccccc1. The molecule has 4 heteroatoms. The van der Waals surface area contributed by atoms with Crippen molar-refractivity contribution in [2.45, 2.75) is 19.8 Å². The number of benzene rings is 1. The fourth-order valence-electron chi connectivity index (χ4n) is 1.52. The Kier molecular flexibility index (Phi) is 6.50. The van der Waals surface area contributed by atoms with Crippen LogP contribution in [-0.4, -0.2) is 23.9 Å². The van der Waals surface area contributed by atoms with E-state index in [1.54, 1.807) is 6.92 Å². The van der Waals surface area contributed by atoms with Crippen molar-refractivity contribution in [3.63, 3.8) is 0 Å². The summed E-state index contributed by atoms with van der Waals surface area (Å²) in [6.07, 6.45) is 1.11. The average Bonchev–Trinajstić information content (AvgIpc) is 2.38. The third-order valence-electron chi connectivity index (χ3n) is 2.57. The van der Waals surface area contributed by atoms with Crippen LogP contribution in [0.2, 0.25) is 0 Å². The number of ether oxygens (including phenoxy) is 1. The molecule has 0 aliphatic rings. The Hall–Kier alpha value is -1.29. The number of methoxy groups -OCH3 is 1. The number of esters is 1. The van der Waals surface area contributed by atoms with Gasteiger partial charge in [0.2, 0.25) is 0 Å². The summed E-state index contributed by atoms with van der Waals surface area (Å²) in [5.41, 5.74) is 1.22. The monoisotopic (exact) mass is 266 g/mol. The van der Waals surface area contributed by atoms with Crippen LogP contribution in [0.25, 0.3) is 0 Å². The second kappa shape index (κ2) is 7.93. The van der Waals surface area contributed by atoms with Crippen LogP contribution in [-0.2, 0) is 20.7 Å². The molecule has 0 aliphatic heterocycles. The number of hydrogen-bond acceptors (Lipinski definition) is 4. The molecule has 0 amide bonds. The first-order valence-electron chi connectivity index (χ1n) is 5.91. The van der Waals surface area contributed by atoms with Crippen LogP contribution < -0.4 is 0 Å². The Bertz CT molecular complexity index is 389. The maximum atomic E-state index is 11.6. The maximum Gasteiger partial charge on any atom is 0.308 e. The van der Waals surface area contributed by atoms with Crippen LogP contribution >= 0.6 is 11.8 Å². The number of hydrogen-bond donors (Lipinski definition) is 0. The Morgan fingerprint density at radius 3 is 2.56 bits per heavy atom. The van der Waals surface area contributed by atoms with Crippen molar-refractivity contribution in [3.8, 4) is 0 Å². The molecule has 3 nitrogen and oxygen atoms in total. The largest absolute Gasteiger partial charge is 0.469 e. The normalized spacial score (nSPS) is 11.9. The third kappa shape index (κ3) is 5.36. The summed E-state index contributed by atoms with van der Waals surface area (Å²) in [4.78, 5) is 22.8. The molecule has 1 atom stereocenters. The van der Waals surface area contributed by atoms with Gasteiger partial charge in [-0.1, -0.05) is 49.0 Å². The molecule has 0 saturated heterocycles. The third-order valence-corrected chi connectivity index (χ3v) is 3.47. The minimum absolute atomic E-state index is 0.0452. The lowest BCUT2D eigenvalue weighted by Crippen LogP contribution is -2.15. The summed E-state index contributed by atoms with van der Waals surface area (Å²) >= 11 is 1.28. The highest BCUT2D eigenvalue weighted by atomic mass is 32.2. The standard InChI is InChI=1S/C14H18O3S/c1-11(14(16)17-2)10-13(15)18-9-8-12-6-4-3-5-7-12/h3-7,11H,8-10H2,1-2H3. The highest BCUT2D eigenvalue weighted by Gasteiger charge is 2.17. The van der Waals surface area contributed by atoms with Crippen molar-refractivity contribution in [3.05, 3.63) is 35.9 Å². The topological polar surface area (TPSA) is 43.4 Å². The predicted octanol–water partition coefficient (Wildman–Crippen LogP) is 2.69. The number of carbonyl (C=O) groups excluding carboxylic acids is 2. The molecule has 0 heterocycles. The van der Waals surface area contributed by atoms with E-state index < -0.39 is 0 Å². The zero-order valence-electron chi connectivity index (χ0n) is 10.7. The summed E-state index contributed by atoms with van der Waals surface area (Å²) in [6, 6.07) is 10.0. The molecule has 0 spiro atoms. The predicted molar refractivity (Wildman–Crippen MR) is 73.4 cm³/mol. The van der Waals surface area contributed by atoms with Crippen molar-refractivity contribution in [2.75, 3.05) is 12.9 Å². The zero-order valence-corrected chi connectivity index (χ0v) is 11.5. The van der Waals surface area contributed by atoms with Gasteiger partial charge >= 0.3 is 5.97 Å². The van der Waals surface area contributed by atoms with Crippen molar-refractivity contribution in [1.82, 2.24) is 0 Å². The van der Waals surface area contributed by atoms with Crippen molar-refractivity contribution >= 4 is 22.8 Å². The van der Waals surface area contributed by atoms with Gasteiger partial charge in [0, 0.05) is 12.2 Å². The van der Waals surface area contributed by atoms with E-state index in [9.17, 15) is 9.59 Å². The number of carbonyl (C=O) groups is 2. The molecule has 0 fully saturated rings. The summed E-state index contributed by atoms with van der Waals surface area (Å²) in [7, 11) is 1.34. The Morgan fingerprint density at radius 2 is 1.94 bits per heavy atom. The second-order valence-corrected chi connectivity index (χ2v) is 5.24. The average molecular weight is 266 g/mol. The van der Waals surface area contributed by atoms with Gasteiger partial charge in [-0.05, 0) is 12.0 Å². The maximum absolute atomic E-state index is 11.6. The molecule has 1 aromatic rings. The molecule has 1 unspecified atom stereocenters.